The monoisotopic (exact) mass is 310 g/mol. The molecule has 2 aliphatic carbocycles. The second-order valence-corrected chi connectivity index (χ2v) is 7.21. The largest absolute Gasteiger partial charge is 0.347 e. The maximum atomic E-state index is 11.5. The molecule has 0 unspecified atom stereocenters. The summed E-state index contributed by atoms with van der Waals surface area (Å²) in [5.74, 6) is -0.984. The van der Waals surface area contributed by atoms with E-state index in [1.807, 2.05) is 0 Å². The van der Waals surface area contributed by atoms with Crippen molar-refractivity contribution in [2.75, 3.05) is 6.61 Å². The van der Waals surface area contributed by atoms with E-state index in [-0.39, 0.29) is 12.2 Å². The summed E-state index contributed by atoms with van der Waals surface area (Å²) in [6.45, 7) is 0.508. The van der Waals surface area contributed by atoms with Gasteiger partial charge in [-0.05, 0) is 25.7 Å². The molecule has 5 nitrogen and oxygen atoms in total. The van der Waals surface area contributed by atoms with E-state index in [0.29, 0.717) is 6.61 Å². The van der Waals surface area contributed by atoms with Crippen molar-refractivity contribution in [3.63, 3.8) is 0 Å². The Morgan fingerprint density at radius 3 is 2.05 bits per heavy atom. The first-order valence-electron chi connectivity index (χ1n) is 8.87. The lowest BCUT2D eigenvalue weighted by Gasteiger charge is -2.33. The Labute approximate surface area is 131 Å². The highest BCUT2D eigenvalue weighted by Crippen LogP contribution is 2.45. The minimum Gasteiger partial charge on any atom is -0.347 e. The zero-order valence-corrected chi connectivity index (χ0v) is 13.1. The molecule has 22 heavy (non-hydrogen) atoms. The van der Waals surface area contributed by atoms with Gasteiger partial charge in [0.25, 0.3) is 0 Å². The fraction of sp³-hybridized carbons (Fsp3) is 0.941. The summed E-state index contributed by atoms with van der Waals surface area (Å²) >= 11 is 0. The third-order valence-corrected chi connectivity index (χ3v) is 5.63. The maximum absolute atomic E-state index is 11.5. The van der Waals surface area contributed by atoms with Crippen LogP contribution in [0.15, 0.2) is 0 Å². The van der Waals surface area contributed by atoms with Crippen molar-refractivity contribution in [2.24, 2.45) is 0 Å². The van der Waals surface area contributed by atoms with Crippen molar-refractivity contribution >= 4 is 6.29 Å². The molecule has 124 valence electrons. The molecule has 4 aliphatic rings. The Hall–Kier alpha value is -0.490. The molecule has 4 fully saturated rings. The van der Waals surface area contributed by atoms with Crippen LogP contribution in [0.25, 0.3) is 0 Å². The molecular weight excluding hydrogens is 284 g/mol. The highest BCUT2D eigenvalue weighted by molar-refractivity contribution is 5.58. The summed E-state index contributed by atoms with van der Waals surface area (Å²) < 4.78 is 24.5. The Bertz CT molecular complexity index is 411. The third-order valence-electron chi connectivity index (χ3n) is 5.63. The minimum atomic E-state index is -0.555. The highest BCUT2D eigenvalue weighted by atomic mass is 16.8. The standard InChI is InChI=1S/C17H26O5/c18-11-13-15(22-17(20-13)9-5-2-6-10-17)14-12-19-16(21-14)7-3-1-4-8-16/h11,13-15H,1-10,12H2/t13-,14-,15+/m1/s1. The molecule has 0 bridgehead atoms. The van der Waals surface area contributed by atoms with Crippen LogP contribution in [0.4, 0.5) is 0 Å². The number of hydrogen-bond donors (Lipinski definition) is 0. The zero-order chi connectivity index (χ0) is 15.0. The van der Waals surface area contributed by atoms with E-state index in [1.165, 1.54) is 12.8 Å². The predicted octanol–water partition coefficient (Wildman–Crippen LogP) is 2.71. The van der Waals surface area contributed by atoms with Crippen molar-refractivity contribution in [2.45, 2.75) is 94.1 Å². The predicted molar refractivity (Wildman–Crippen MR) is 78.3 cm³/mol. The Balaban J connectivity index is 1.46. The average molecular weight is 310 g/mol. The van der Waals surface area contributed by atoms with Gasteiger partial charge in [0.2, 0.25) is 0 Å². The molecule has 2 spiro atoms. The van der Waals surface area contributed by atoms with E-state index in [2.05, 4.69) is 0 Å². The van der Waals surface area contributed by atoms with Crippen LogP contribution >= 0.6 is 0 Å². The lowest BCUT2D eigenvalue weighted by atomic mass is 9.94. The number of carbonyl (C=O) groups excluding carboxylic acids is 1. The summed E-state index contributed by atoms with van der Waals surface area (Å²) in [5.41, 5.74) is 0. The molecule has 0 aromatic heterocycles. The first-order chi connectivity index (χ1) is 10.7. The molecule has 0 N–H and O–H groups in total. The van der Waals surface area contributed by atoms with E-state index in [1.54, 1.807) is 0 Å². The molecule has 2 aliphatic heterocycles. The minimum absolute atomic E-state index is 0.186. The maximum Gasteiger partial charge on any atom is 0.170 e. The second kappa shape index (κ2) is 5.86. The van der Waals surface area contributed by atoms with Crippen LogP contribution in [0.3, 0.4) is 0 Å². The number of rotatable bonds is 2. The SMILES string of the molecule is O=C[C@H]1OC2(CCCCC2)O[C@@H]1[C@H]1COC2(CCCCC2)O1. The van der Waals surface area contributed by atoms with Crippen LogP contribution in [0.2, 0.25) is 0 Å². The average Bonchev–Trinajstić information content (AvgIpc) is 3.11. The molecule has 0 radical (unpaired) electrons. The summed E-state index contributed by atoms with van der Waals surface area (Å²) in [4.78, 5) is 11.5. The van der Waals surface area contributed by atoms with E-state index in [0.717, 1.165) is 57.7 Å². The van der Waals surface area contributed by atoms with Crippen molar-refractivity contribution in [3.05, 3.63) is 0 Å². The molecular formula is C17H26O5. The molecule has 5 heteroatoms. The van der Waals surface area contributed by atoms with Gasteiger partial charge < -0.3 is 23.7 Å². The van der Waals surface area contributed by atoms with E-state index >= 15 is 0 Å². The quantitative estimate of drug-likeness (QED) is 0.734. The molecule has 0 aromatic rings. The molecule has 2 saturated carbocycles. The van der Waals surface area contributed by atoms with Crippen molar-refractivity contribution in [1.29, 1.82) is 0 Å². The van der Waals surface area contributed by atoms with Crippen molar-refractivity contribution in [1.82, 2.24) is 0 Å². The second-order valence-electron chi connectivity index (χ2n) is 7.21. The normalized spacial score (nSPS) is 40.3. The Kier molecular flexibility index (Phi) is 4.01. The number of hydrogen-bond acceptors (Lipinski definition) is 5. The molecule has 0 aromatic carbocycles. The van der Waals surface area contributed by atoms with E-state index in [9.17, 15) is 4.79 Å². The lowest BCUT2D eigenvalue weighted by Crippen LogP contribution is -2.41. The lowest BCUT2D eigenvalue weighted by molar-refractivity contribution is -0.217. The summed E-state index contributed by atoms with van der Waals surface area (Å²) in [6, 6.07) is 0. The van der Waals surface area contributed by atoms with Gasteiger partial charge in [-0.2, -0.15) is 0 Å². The van der Waals surface area contributed by atoms with Crippen LogP contribution in [-0.4, -0.2) is 42.8 Å². The van der Waals surface area contributed by atoms with Gasteiger partial charge in [0.05, 0.1) is 6.61 Å². The summed E-state index contributed by atoms with van der Waals surface area (Å²) in [5, 5.41) is 0. The molecule has 3 atom stereocenters. The first kappa shape index (κ1) is 15.1. The number of carbonyl (C=O) groups is 1. The topological polar surface area (TPSA) is 54.0 Å². The fourth-order valence-corrected chi connectivity index (χ4v) is 4.47. The van der Waals surface area contributed by atoms with Crippen LogP contribution in [0.5, 0.6) is 0 Å². The van der Waals surface area contributed by atoms with Crippen LogP contribution in [0, 0.1) is 0 Å². The molecule has 2 saturated heterocycles. The van der Waals surface area contributed by atoms with Gasteiger partial charge in [-0.15, -0.1) is 0 Å². The molecule has 0 amide bonds. The van der Waals surface area contributed by atoms with Crippen molar-refractivity contribution in [3.8, 4) is 0 Å². The fourth-order valence-electron chi connectivity index (χ4n) is 4.47. The van der Waals surface area contributed by atoms with Crippen LogP contribution in [-0.2, 0) is 23.7 Å². The van der Waals surface area contributed by atoms with Crippen LogP contribution < -0.4 is 0 Å². The van der Waals surface area contributed by atoms with E-state index < -0.39 is 17.7 Å². The van der Waals surface area contributed by atoms with Gasteiger partial charge in [0.1, 0.15) is 18.3 Å². The van der Waals surface area contributed by atoms with E-state index in [4.69, 9.17) is 18.9 Å². The zero-order valence-electron chi connectivity index (χ0n) is 13.1. The van der Waals surface area contributed by atoms with Crippen molar-refractivity contribution < 1.29 is 23.7 Å². The van der Waals surface area contributed by atoms with Gasteiger partial charge in [0.15, 0.2) is 17.9 Å². The highest BCUT2D eigenvalue weighted by Gasteiger charge is 2.54. The van der Waals surface area contributed by atoms with Crippen LogP contribution in [0.1, 0.15) is 64.2 Å². The summed E-state index contributed by atoms with van der Waals surface area (Å²) in [6.07, 6.45) is 10.5. The smallest absolute Gasteiger partial charge is 0.170 e. The Morgan fingerprint density at radius 2 is 1.41 bits per heavy atom. The first-order valence-corrected chi connectivity index (χ1v) is 8.87. The Morgan fingerprint density at radius 1 is 0.773 bits per heavy atom. The van der Waals surface area contributed by atoms with Gasteiger partial charge in [0, 0.05) is 25.7 Å². The summed E-state index contributed by atoms with van der Waals surface area (Å²) in [7, 11) is 0. The van der Waals surface area contributed by atoms with Gasteiger partial charge >= 0.3 is 0 Å². The third kappa shape index (κ3) is 2.62. The van der Waals surface area contributed by atoms with Gasteiger partial charge in [-0.25, -0.2) is 0 Å². The molecule has 4 rings (SSSR count). The van der Waals surface area contributed by atoms with Gasteiger partial charge in [-0.1, -0.05) is 12.8 Å². The number of aldehydes is 1. The van der Waals surface area contributed by atoms with Gasteiger partial charge in [-0.3, -0.25) is 0 Å². The number of ether oxygens (including phenoxy) is 4. The molecule has 2 heterocycles.